The Hall–Kier alpha value is -2.05. The number of rotatable bonds is 5. The van der Waals surface area contributed by atoms with Crippen molar-refractivity contribution in [2.75, 3.05) is 64.9 Å². The average molecular weight is 370 g/mol. The van der Waals surface area contributed by atoms with Crippen LogP contribution in [0.15, 0.2) is 24.4 Å². The lowest BCUT2D eigenvalue weighted by atomic mass is 10.1. The summed E-state index contributed by atoms with van der Waals surface area (Å²) in [5, 5.41) is 2.27. The molecule has 0 aliphatic carbocycles. The fraction of sp³-hybridized carbons (Fsp3) is 0.571. The third-order valence-corrected chi connectivity index (χ3v) is 6.08. The van der Waals surface area contributed by atoms with Gasteiger partial charge in [-0.3, -0.25) is 4.90 Å². The number of fused-ring (bicyclic) bond motifs is 1. The maximum absolute atomic E-state index is 5.51. The molecule has 2 saturated heterocycles. The SMILES string of the molecule is CCN1CCN([C@H]2CCN(c3nccc4cc(OC)c(OC)cc34)C2)CC1. The van der Waals surface area contributed by atoms with E-state index in [4.69, 9.17) is 14.5 Å². The van der Waals surface area contributed by atoms with Gasteiger partial charge >= 0.3 is 0 Å². The highest BCUT2D eigenvalue weighted by atomic mass is 16.5. The summed E-state index contributed by atoms with van der Waals surface area (Å²) >= 11 is 0. The lowest BCUT2D eigenvalue weighted by molar-refractivity contribution is 0.107. The van der Waals surface area contributed by atoms with Crippen LogP contribution in [0.1, 0.15) is 13.3 Å². The summed E-state index contributed by atoms with van der Waals surface area (Å²) < 4.78 is 11.0. The number of nitrogens with zero attached hydrogens (tertiary/aromatic N) is 4. The molecule has 0 bridgehead atoms. The Morgan fingerprint density at radius 1 is 1.04 bits per heavy atom. The maximum atomic E-state index is 5.51. The van der Waals surface area contributed by atoms with E-state index in [0.717, 1.165) is 47.7 Å². The van der Waals surface area contributed by atoms with Gasteiger partial charge in [0.15, 0.2) is 11.5 Å². The van der Waals surface area contributed by atoms with E-state index in [9.17, 15) is 0 Å². The number of piperazine rings is 1. The topological polar surface area (TPSA) is 41.1 Å². The van der Waals surface area contributed by atoms with Gasteiger partial charge in [0.25, 0.3) is 0 Å². The standard InChI is InChI=1S/C21H30N4O2/c1-4-23-9-11-24(12-10-23)17-6-8-25(15-17)21-18-14-20(27-3)19(26-2)13-16(18)5-7-22-21/h5,7,13-14,17H,4,6,8-12,15H2,1-3H3/t17-/m0/s1. The van der Waals surface area contributed by atoms with Gasteiger partial charge in [0, 0.05) is 56.9 Å². The molecular weight excluding hydrogens is 340 g/mol. The highest BCUT2D eigenvalue weighted by Crippen LogP contribution is 2.36. The molecule has 1 aromatic carbocycles. The van der Waals surface area contributed by atoms with Crippen LogP contribution >= 0.6 is 0 Å². The van der Waals surface area contributed by atoms with Crippen molar-refractivity contribution in [3.63, 3.8) is 0 Å². The summed E-state index contributed by atoms with van der Waals surface area (Å²) in [6.45, 7) is 10.3. The zero-order valence-corrected chi connectivity index (χ0v) is 16.6. The molecule has 1 atom stereocenters. The first-order valence-corrected chi connectivity index (χ1v) is 9.95. The van der Waals surface area contributed by atoms with Gasteiger partial charge in [-0.1, -0.05) is 6.92 Å². The van der Waals surface area contributed by atoms with E-state index >= 15 is 0 Å². The van der Waals surface area contributed by atoms with E-state index in [1.165, 1.54) is 32.6 Å². The van der Waals surface area contributed by atoms with Crippen LogP contribution in [-0.4, -0.2) is 80.9 Å². The minimum absolute atomic E-state index is 0.626. The molecule has 0 saturated carbocycles. The molecule has 2 aliphatic heterocycles. The molecule has 2 fully saturated rings. The van der Waals surface area contributed by atoms with E-state index in [2.05, 4.69) is 27.7 Å². The minimum atomic E-state index is 0.626. The quantitative estimate of drug-likeness (QED) is 0.805. The van der Waals surface area contributed by atoms with Crippen molar-refractivity contribution >= 4 is 16.6 Å². The van der Waals surface area contributed by atoms with Crippen LogP contribution < -0.4 is 14.4 Å². The summed E-state index contributed by atoms with van der Waals surface area (Å²) in [4.78, 5) is 12.4. The van der Waals surface area contributed by atoms with Crippen LogP contribution in [0.3, 0.4) is 0 Å². The van der Waals surface area contributed by atoms with Crippen molar-refractivity contribution in [1.29, 1.82) is 0 Å². The fourth-order valence-corrected chi connectivity index (χ4v) is 4.41. The smallest absolute Gasteiger partial charge is 0.161 e. The van der Waals surface area contributed by atoms with Crippen molar-refractivity contribution in [3.8, 4) is 11.5 Å². The first-order valence-electron chi connectivity index (χ1n) is 9.95. The summed E-state index contributed by atoms with van der Waals surface area (Å²) in [7, 11) is 3.36. The zero-order valence-electron chi connectivity index (χ0n) is 16.6. The number of hydrogen-bond acceptors (Lipinski definition) is 6. The van der Waals surface area contributed by atoms with Gasteiger partial charge in [-0.25, -0.2) is 4.98 Å². The summed E-state index contributed by atoms with van der Waals surface area (Å²) in [6.07, 6.45) is 3.11. The Labute approximate surface area is 161 Å². The van der Waals surface area contributed by atoms with Gasteiger partial charge in [0.2, 0.25) is 0 Å². The van der Waals surface area contributed by atoms with Crippen molar-refractivity contribution in [3.05, 3.63) is 24.4 Å². The van der Waals surface area contributed by atoms with Crippen molar-refractivity contribution in [1.82, 2.24) is 14.8 Å². The predicted molar refractivity (Wildman–Crippen MR) is 109 cm³/mol. The molecule has 2 aliphatic rings. The molecule has 146 valence electrons. The first-order chi connectivity index (χ1) is 13.2. The van der Waals surface area contributed by atoms with Gasteiger partial charge in [-0.05, 0) is 36.6 Å². The Morgan fingerprint density at radius 3 is 2.48 bits per heavy atom. The largest absolute Gasteiger partial charge is 0.493 e. The Bertz CT molecular complexity index is 789. The van der Waals surface area contributed by atoms with Gasteiger partial charge < -0.3 is 19.3 Å². The average Bonchev–Trinajstić information content (AvgIpc) is 3.22. The number of pyridine rings is 1. The first kappa shape index (κ1) is 18.3. The molecule has 6 nitrogen and oxygen atoms in total. The number of likely N-dealkylation sites (N-methyl/N-ethyl adjacent to an activating group) is 1. The van der Waals surface area contributed by atoms with Crippen LogP contribution in [0, 0.1) is 0 Å². The van der Waals surface area contributed by atoms with Gasteiger partial charge in [-0.2, -0.15) is 0 Å². The van der Waals surface area contributed by atoms with Gasteiger partial charge in [0.1, 0.15) is 5.82 Å². The van der Waals surface area contributed by atoms with Crippen LogP contribution in [0.25, 0.3) is 10.8 Å². The Morgan fingerprint density at radius 2 is 1.78 bits per heavy atom. The molecule has 27 heavy (non-hydrogen) atoms. The van der Waals surface area contributed by atoms with Gasteiger partial charge in [0.05, 0.1) is 14.2 Å². The molecule has 0 unspecified atom stereocenters. The third-order valence-electron chi connectivity index (χ3n) is 6.08. The molecule has 0 amide bonds. The molecule has 0 spiro atoms. The highest BCUT2D eigenvalue weighted by molar-refractivity contribution is 5.94. The summed E-state index contributed by atoms with van der Waals surface area (Å²) in [5.74, 6) is 2.57. The Balaban J connectivity index is 1.55. The predicted octanol–water partition coefficient (Wildman–Crippen LogP) is 2.47. The molecule has 2 aromatic rings. The lowest BCUT2D eigenvalue weighted by Crippen LogP contribution is -2.50. The zero-order chi connectivity index (χ0) is 18.8. The van der Waals surface area contributed by atoms with E-state index in [1.54, 1.807) is 14.2 Å². The molecule has 1 aromatic heterocycles. The fourth-order valence-electron chi connectivity index (χ4n) is 4.41. The molecule has 3 heterocycles. The monoisotopic (exact) mass is 370 g/mol. The molecule has 6 heteroatoms. The maximum Gasteiger partial charge on any atom is 0.161 e. The van der Waals surface area contributed by atoms with E-state index in [1.807, 2.05) is 18.3 Å². The summed E-state index contributed by atoms with van der Waals surface area (Å²) in [6, 6.07) is 6.76. The van der Waals surface area contributed by atoms with E-state index < -0.39 is 0 Å². The van der Waals surface area contributed by atoms with Crippen LogP contribution in [0.2, 0.25) is 0 Å². The number of anilines is 1. The third kappa shape index (κ3) is 3.56. The number of aromatic nitrogens is 1. The van der Waals surface area contributed by atoms with Crippen molar-refractivity contribution in [2.45, 2.75) is 19.4 Å². The molecular formula is C21H30N4O2. The summed E-state index contributed by atoms with van der Waals surface area (Å²) in [5.41, 5.74) is 0. The number of ether oxygens (including phenoxy) is 2. The number of benzene rings is 1. The van der Waals surface area contributed by atoms with Crippen molar-refractivity contribution in [2.24, 2.45) is 0 Å². The van der Waals surface area contributed by atoms with Crippen molar-refractivity contribution < 1.29 is 9.47 Å². The Kier molecular flexibility index (Phi) is 5.36. The number of hydrogen-bond donors (Lipinski definition) is 0. The highest BCUT2D eigenvalue weighted by Gasteiger charge is 2.31. The van der Waals surface area contributed by atoms with Gasteiger partial charge in [-0.15, -0.1) is 0 Å². The second-order valence-corrected chi connectivity index (χ2v) is 7.42. The molecule has 4 rings (SSSR count). The van der Waals surface area contributed by atoms with Crippen LogP contribution in [0.5, 0.6) is 11.5 Å². The second-order valence-electron chi connectivity index (χ2n) is 7.42. The molecule has 0 radical (unpaired) electrons. The van der Waals surface area contributed by atoms with E-state index in [0.29, 0.717) is 6.04 Å². The second kappa shape index (κ2) is 7.90. The molecule has 0 N–H and O–H groups in total. The minimum Gasteiger partial charge on any atom is -0.493 e. The van der Waals surface area contributed by atoms with Crippen LogP contribution in [0.4, 0.5) is 5.82 Å². The normalized spacial score (nSPS) is 21.7. The lowest BCUT2D eigenvalue weighted by Gasteiger charge is -2.37. The number of methoxy groups -OCH3 is 2. The van der Waals surface area contributed by atoms with Crippen LogP contribution in [-0.2, 0) is 0 Å². The van der Waals surface area contributed by atoms with E-state index in [-0.39, 0.29) is 0 Å².